The van der Waals surface area contributed by atoms with Crippen molar-refractivity contribution in [3.05, 3.63) is 75.9 Å². The third kappa shape index (κ3) is 8.77. The number of Topliss-reactive ketones (excluding diaryl/α,β-unsaturated/α-hetero) is 1. The molecule has 11 heteroatoms. The van der Waals surface area contributed by atoms with E-state index in [0.29, 0.717) is 11.0 Å². The Morgan fingerprint density at radius 2 is 1.50 bits per heavy atom. The molecule has 0 amide bonds. The van der Waals surface area contributed by atoms with E-state index in [4.69, 9.17) is 23.7 Å². The van der Waals surface area contributed by atoms with E-state index in [1.54, 1.807) is 24.3 Å². The van der Waals surface area contributed by atoms with Gasteiger partial charge in [-0.05, 0) is 24.6 Å². The number of aromatic hydroxyl groups is 1. The third-order valence-electron chi connectivity index (χ3n) is 3.86. The van der Waals surface area contributed by atoms with Gasteiger partial charge in [0, 0.05) is 12.3 Å². The van der Waals surface area contributed by atoms with Gasteiger partial charge in [0.25, 0.3) is 5.95 Å². The van der Waals surface area contributed by atoms with Gasteiger partial charge in [0.05, 0.1) is 10.9 Å². The molecule has 3 rings (SSSR count). The van der Waals surface area contributed by atoms with Crippen molar-refractivity contribution in [2.75, 3.05) is 0 Å². The van der Waals surface area contributed by atoms with Gasteiger partial charge < -0.3 is 24.2 Å². The molecule has 0 aliphatic carbocycles. The van der Waals surface area contributed by atoms with E-state index in [-0.39, 0.29) is 82.3 Å². The summed E-state index contributed by atoms with van der Waals surface area (Å²) in [5.74, 6) is -1.02. The van der Waals surface area contributed by atoms with Crippen molar-refractivity contribution in [3.8, 4) is 5.95 Å². The molecule has 0 bridgehead atoms. The molecular formula is C19H21Na2O8P. The Kier molecular flexibility index (Phi) is 12.6. The molecule has 0 aliphatic rings. The minimum atomic E-state index is -4.64. The molecule has 4 N–H and O–H groups in total. The fourth-order valence-electron chi connectivity index (χ4n) is 2.81. The summed E-state index contributed by atoms with van der Waals surface area (Å²) >= 11 is 0. The monoisotopic (exact) mass is 454 g/mol. The van der Waals surface area contributed by atoms with E-state index in [9.17, 15) is 14.7 Å². The van der Waals surface area contributed by atoms with Crippen LogP contribution in [-0.4, -0.2) is 84.7 Å². The molecule has 1 atom stereocenters. The molecular weight excluding hydrogens is 433 g/mol. The Bertz CT molecular complexity index is 1070. The van der Waals surface area contributed by atoms with Crippen LogP contribution in [0.4, 0.5) is 0 Å². The quantitative estimate of drug-likeness (QED) is 0.342. The number of hydrogen-bond acceptors (Lipinski definition) is 5. The van der Waals surface area contributed by atoms with Gasteiger partial charge in [-0.25, -0.2) is 4.57 Å². The molecule has 3 aromatic rings. The molecule has 0 saturated carbocycles. The Balaban J connectivity index is 0.00000108. The molecule has 8 nitrogen and oxygen atoms in total. The van der Waals surface area contributed by atoms with Gasteiger partial charge in [0.15, 0.2) is 0 Å². The van der Waals surface area contributed by atoms with Crippen LogP contribution in [-0.2, 0) is 9.36 Å². The van der Waals surface area contributed by atoms with Crippen LogP contribution in [0.25, 0.3) is 11.0 Å². The molecule has 0 spiro atoms. The van der Waals surface area contributed by atoms with Crippen LogP contribution in [0.1, 0.15) is 30.4 Å². The molecule has 30 heavy (non-hydrogen) atoms. The second kappa shape index (κ2) is 12.9. The molecule has 1 heterocycles. The Labute approximate surface area is 216 Å². The zero-order valence-corrected chi connectivity index (χ0v) is 15.7. The second-order valence-electron chi connectivity index (χ2n) is 6.03. The SMILES string of the molecule is CC(=O)CC(c1ccccc1)c1c(O)oc2ccccc2c1=O.O=P(O)(O)O.[NaH].[NaH]. The van der Waals surface area contributed by atoms with Crippen molar-refractivity contribution in [2.24, 2.45) is 0 Å². The first kappa shape index (κ1) is 29.2. The zero-order valence-electron chi connectivity index (χ0n) is 14.8. The van der Waals surface area contributed by atoms with Gasteiger partial charge in [-0.1, -0.05) is 42.5 Å². The van der Waals surface area contributed by atoms with Crippen molar-refractivity contribution >= 4 is 83.7 Å². The van der Waals surface area contributed by atoms with Crippen LogP contribution in [0, 0.1) is 0 Å². The molecule has 1 unspecified atom stereocenters. The summed E-state index contributed by atoms with van der Waals surface area (Å²) in [5.41, 5.74) is 0.943. The van der Waals surface area contributed by atoms with E-state index < -0.39 is 19.7 Å². The van der Waals surface area contributed by atoms with Gasteiger partial charge >= 0.3 is 66.9 Å². The number of fused-ring (bicyclic) bond motifs is 1. The van der Waals surface area contributed by atoms with Crippen molar-refractivity contribution in [2.45, 2.75) is 19.3 Å². The molecule has 0 radical (unpaired) electrons. The van der Waals surface area contributed by atoms with Crippen molar-refractivity contribution in [3.63, 3.8) is 0 Å². The van der Waals surface area contributed by atoms with E-state index in [1.807, 2.05) is 30.3 Å². The number of carbonyl (C=O) groups is 1. The summed E-state index contributed by atoms with van der Waals surface area (Å²) in [6, 6.07) is 15.9. The molecule has 0 fully saturated rings. The predicted octanol–water partition coefficient (Wildman–Crippen LogP) is 1.38. The maximum atomic E-state index is 12.8. The number of rotatable bonds is 4. The minimum absolute atomic E-state index is 0. The average Bonchev–Trinajstić information content (AvgIpc) is 2.60. The summed E-state index contributed by atoms with van der Waals surface area (Å²) in [4.78, 5) is 46.0. The van der Waals surface area contributed by atoms with Crippen LogP contribution >= 0.6 is 7.82 Å². The summed E-state index contributed by atoms with van der Waals surface area (Å²) in [5, 5.41) is 10.6. The summed E-state index contributed by atoms with van der Waals surface area (Å²) < 4.78 is 14.3. The van der Waals surface area contributed by atoms with Crippen molar-refractivity contribution < 1.29 is 33.6 Å². The fourth-order valence-corrected chi connectivity index (χ4v) is 2.81. The molecule has 152 valence electrons. The Hall–Kier alpha value is -0.770. The third-order valence-corrected chi connectivity index (χ3v) is 3.86. The van der Waals surface area contributed by atoms with Crippen LogP contribution < -0.4 is 5.43 Å². The maximum absolute atomic E-state index is 12.8. The molecule has 0 aliphatic heterocycles. The summed E-state index contributed by atoms with van der Waals surface area (Å²) in [6.07, 6.45) is 0.126. The average molecular weight is 454 g/mol. The van der Waals surface area contributed by atoms with E-state index in [1.165, 1.54) is 6.92 Å². The fraction of sp³-hybridized carbons (Fsp3) is 0.158. The van der Waals surface area contributed by atoms with E-state index >= 15 is 0 Å². The van der Waals surface area contributed by atoms with Gasteiger partial charge in [0.2, 0.25) is 5.43 Å². The first-order chi connectivity index (χ1) is 13.1. The van der Waals surface area contributed by atoms with Crippen LogP contribution in [0.3, 0.4) is 0 Å². The standard InChI is InChI=1S/C19H16O4.2Na.H3O4P.2H/c1-12(20)11-15(13-7-3-2-4-8-13)17-18(21)14-9-5-6-10-16(14)23-19(17)22;;;1-5(2,3)4;;/h2-10,15,22H,11H2,1H3;;;(H3,1,2,3,4);;. The number of hydrogen-bond donors (Lipinski definition) is 4. The number of ketones is 1. The van der Waals surface area contributed by atoms with Crippen molar-refractivity contribution in [1.29, 1.82) is 0 Å². The zero-order chi connectivity index (χ0) is 20.9. The van der Waals surface area contributed by atoms with E-state index in [0.717, 1.165) is 5.56 Å². The van der Waals surface area contributed by atoms with Crippen LogP contribution in [0.15, 0.2) is 63.8 Å². The first-order valence-electron chi connectivity index (χ1n) is 8.15. The van der Waals surface area contributed by atoms with Gasteiger partial charge in [-0.3, -0.25) is 9.59 Å². The molecule has 1 aromatic heterocycles. The number of benzene rings is 2. The summed E-state index contributed by atoms with van der Waals surface area (Å²) in [7, 11) is -4.64. The van der Waals surface area contributed by atoms with Gasteiger partial charge in [-0.15, -0.1) is 0 Å². The second-order valence-corrected chi connectivity index (χ2v) is 7.06. The van der Waals surface area contributed by atoms with Crippen LogP contribution in [0.2, 0.25) is 0 Å². The Morgan fingerprint density at radius 1 is 1.00 bits per heavy atom. The van der Waals surface area contributed by atoms with Gasteiger partial charge in [0.1, 0.15) is 11.4 Å². The van der Waals surface area contributed by atoms with Gasteiger partial charge in [-0.2, -0.15) is 0 Å². The molecule has 2 aromatic carbocycles. The topological polar surface area (TPSA) is 145 Å². The van der Waals surface area contributed by atoms with E-state index in [2.05, 4.69) is 0 Å². The number of para-hydroxylation sites is 1. The normalized spacial score (nSPS) is 11.3. The molecule has 0 saturated heterocycles. The first-order valence-corrected chi connectivity index (χ1v) is 9.72. The predicted molar refractivity (Wildman–Crippen MR) is 116 cm³/mol. The van der Waals surface area contributed by atoms with Crippen molar-refractivity contribution in [1.82, 2.24) is 0 Å². The number of carbonyl (C=O) groups excluding carboxylic acids is 1. The van der Waals surface area contributed by atoms with Crippen LogP contribution in [0.5, 0.6) is 5.95 Å². The Morgan fingerprint density at radius 3 is 2.03 bits per heavy atom. The number of phosphoric acid groups is 1. The summed E-state index contributed by atoms with van der Waals surface area (Å²) in [6.45, 7) is 1.47.